The zero-order chi connectivity index (χ0) is 11.1. The summed E-state index contributed by atoms with van der Waals surface area (Å²) in [6.45, 7) is 2.18. The van der Waals surface area contributed by atoms with Crippen molar-refractivity contribution >= 4 is 6.03 Å². The van der Waals surface area contributed by atoms with E-state index in [0.717, 1.165) is 6.42 Å². The fourth-order valence-corrected chi connectivity index (χ4v) is 2.57. The molecular weight excluding hydrogens is 188 g/mol. The van der Waals surface area contributed by atoms with Gasteiger partial charge in [0.15, 0.2) is 0 Å². The number of amides is 2. The van der Waals surface area contributed by atoms with E-state index in [4.69, 9.17) is 5.73 Å². The van der Waals surface area contributed by atoms with Gasteiger partial charge in [0, 0.05) is 6.04 Å². The predicted molar refractivity (Wildman–Crippen MR) is 62.6 cm³/mol. The van der Waals surface area contributed by atoms with Gasteiger partial charge in [0.1, 0.15) is 0 Å². The van der Waals surface area contributed by atoms with E-state index in [-0.39, 0.29) is 6.03 Å². The number of hydrogen-bond donors (Lipinski definition) is 2. The summed E-state index contributed by atoms with van der Waals surface area (Å²) in [6, 6.07) is -0.0376. The molecular formula is C12H24N2O. The van der Waals surface area contributed by atoms with Crippen LogP contribution in [0.3, 0.4) is 0 Å². The molecule has 3 heteroatoms. The first kappa shape index (κ1) is 12.3. The number of nitrogens with two attached hydrogens (primary N) is 1. The summed E-state index contributed by atoms with van der Waals surface area (Å²) in [5, 5.41) is 2.92. The molecule has 0 aromatic heterocycles. The van der Waals surface area contributed by atoms with Crippen LogP contribution in [-0.2, 0) is 0 Å². The van der Waals surface area contributed by atoms with Crippen LogP contribution in [0, 0.1) is 5.92 Å². The number of carbonyl (C=O) groups is 1. The largest absolute Gasteiger partial charge is 0.352 e. The highest BCUT2D eigenvalue weighted by atomic mass is 16.2. The van der Waals surface area contributed by atoms with E-state index in [1.807, 2.05) is 0 Å². The molecule has 1 saturated carbocycles. The second-order valence-corrected chi connectivity index (χ2v) is 4.66. The van der Waals surface area contributed by atoms with Crippen LogP contribution in [0.15, 0.2) is 0 Å². The highest BCUT2D eigenvalue weighted by Crippen LogP contribution is 2.28. The van der Waals surface area contributed by atoms with Crippen molar-refractivity contribution in [2.24, 2.45) is 11.7 Å². The van der Waals surface area contributed by atoms with Gasteiger partial charge in [0.05, 0.1) is 0 Å². The zero-order valence-electron chi connectivity index (χ0n) is 9.80. The lowest BCUT2D eigenvalue weighted by Gasteiger charge is -2.30. The molecule has 0 heterocycles. The minimum atomic E-state index is -0.360. The maximum Gasteiger partial charge on any atom is 0.312 e. The third-order valence-corrected chi connectivity index (χ3v) is 3.42. The summed E-state index contributed by atoms with van der Waals surface area (Å²) in [5.41, 5.74) is 5.22. The van der Waals surface area contributed by atoms with Crippen LogP contribution in [0.2, 0.25) is 0 Å². The molecule has 1 atom stereocenters. The van der Waals surface area contributed by atoms with Gasteiger partial charge < -0.3 is 11.1 Å². The molecule has 1 aliphatic carbocycles. The Labute approximate surface area is 92.8 Å². The molecule has 0 spiro atoms. The second kappa shape index (κ2) is 6.70. The molecule has 0 saturated heterocycles. The van der Waals surface area contributed by atoms with Crippen molar-refractivity contribution in [3.63, 3.8) is 0 Å². The lowest BCUT2D eigenvalue weighted by atomic mass is 9.82. The number of primary amides is 1. The summed E-state index contributed by atoms with van der Waals surface area (Å²) in [4.78, 5) is 10.9. The summed E-state index contributed by atoms with van der Waals surface area (Å²) in [5.74, 6) is 0.665. The highest BCUT2D eigenvalue weighted by molar-refractivity contribution is 5.71. The Kier molecular flexibility index (Phi) is 5.51. The van der Waals surface area contributed by atoms with Crippen molar-refractivity contribution in [2.75, 3.05) is 0 Å². The van der Waals surface area contributed by atoms with Crippen molar-refractivity contribution in [3.05, 3.63) is 0 Å². The highest BCUT2D eigenvalue weighted by Gasteiger charge is 2.23. The first-order chi connectivity index (χ1) is 7.24. The van der Waals surface area contributed by atoms with Crippen LogP contribution in [0.25, 0.3) is 0 Å². The number of rotatable bonds is 5. The molecule has 0 aliphatic heterocycles. The van der Waals surface area contributed by atoms with E-state index in [1.165, 1.54) is 44.9 Å². The Bertz CT molecular complexity index is 188. The van der Waals surface area contributed by atoms with Crippen LogP contribution < -0.4 is 11.1 Å². The van der Waals surface area contributed by atoms with Gasteiger partial charge in [-0.1, -0.05) is 39.0 Å². The average Bonchev–Trinajstić information content (AvgIpc) is 2.25. The molecule has 0 bridgehead atoms. The molecule has 1 rings (SSSR count). The van der Waals surface area contributed by atoms with E-state index in [9.17, 15) is 4.79 Å². The molecule has 1 aliphatic rings. The van der Waals surface area contributed by atoms with E-state index in [0.29, 0.717) is 12.0 Å². The Morgan fingerprint density at radius 1 is 1.40 bits per heavy atom. The van der Waals surface area contributed by atoms with E-state index in [1.54, 1.807) is 0 Å². The maximum atomic E-state index is 10.9. The second-order valence-electron chi connectivity index (χ2n) is 4.66. The van der Waals surface area contributed by atoms with Crippen molar-refractivity contribution in [3.8, 4) is 0 Å². The van der Waals surface area contributed by atoms with Crippen LogP contribution in [-0.4, -0.2) is 12.1 Å². The minimum Gasteiger partial charge on any atom is -0.352 e. The van der Waals surface area contributed by atoms with Crippen molar-refractivity contribution < 1.29 is 4.79 Å². The van der Waals surface area contributed by atoms with Crippen LogP contribution in [0.5, 0.6) is 0 Å². The smallest absolute Gasteiger partial charge is 0.312 e. The van der Waals surface area contributed by atoms with Gasteiger partial charge in [-0.15, -0.1) is 0 Å². The average molecular weight is 212 g/mol. The van der Waals surface area contributed by atoms with Gasteiger partial charge >= 0.3 is 6.03 Å². The third-order valence-electron chi connectivity index (χ3n) is 3.42. The van der Waals surface area contributed by atoms with E-state index < -0.39 is 0 Å². The van der Waals surface area contributed by atoms with Gasteiger partial charge in [-0.05, 0) is 25.2 Å². The van der Waals surface area contributed by atoms with Gasteiger partial charge in [-0.2, -0.15) is 0 Å². The number of hydrogen-bond acceptors (Lipinski definition) is 1. The zero-order valence-corrected chi connectivity index (χ0v) is 9.80. The lowest BCUT2D eigenvalue weighted by Crippen LogP contribution is -2.43. The van der Waals surface area contributed by atoms with Crippen LogP contribution in [0.4, 0.5) is 4.79 Å². The van der Waals surface area contributed by atoms with Gasteiger partial charge in [-0.3, -0.25) is 0 Å². The molecule has 1 unspecified atom stereocenters. The maximum absolute atomic E-state index is 10.9. The first-order valence-corrected chi connectivity index (χ1v) is 6.30. The Hall–Kier alpha value is -0.730. The van der Waals surface area contributed by atoms with Crippen LogP contribution in [0.1, 0.15) is 58.3 Å². The third kappa shape index (κ3) is 4.54. The lowest BCUT2D eigenvalue weighted by molar-refractivity contribution is 0.223. The molecule has 3 nitrogen and oxygen atoms in total. The number of nitrogens with one attached hydrogen (secondary N) is 1. The van der Waals surface area contributed by atoms with E-state index in [2.05, 4.69) is 12.2 Å². The summed E-state index contributed by atoms with van der Waals surface area (Å²) >= 11 is 0. The molecule has 2 amide bonds. The predicted octanol–water partition coefficient (Wildman–Crippen LogP) is 2.79. The molecule has 0 aromatic rings. The Morgan fingerprint density at radius 2 is 2.07 bits per heavy atom. The van der Waals surface area contributed by atoms with Crippen molar-refractivity contribution in [2.45, 2.75) is 64.3 Å². The SMILES string of the molecule is CCCCC(NC(N)=O)C1CCCCC1. The Balaban J connectivity index is 2.41. The number of carbonyl (C=O) groups excluding carboxylic acids is 1. The quantitative estimate of drug-likeness (QED) is 0.723. The Morgan fingerprint density at radius 3 is 2.60 bits per heavy atom. The van der Waals surface area contributed by atoms with Crippen molar-refractivity contribution in [1.29, 1.82) is 0 Å². The first-order valence-electron chi connectivity index (χ1n) is 6.30. The van der Waals surface area contributed by atoms with Gasteiger partial charge in [-0.25, -0.2) is 4.79 Å². The standard InChI is InChI=1S/C12H24N2O/c1-2-3-9-11(14-12(13)15)10-7-5-4-6-8-10/h10-11H,2-9H2,1H3,(H3,13,14,15). The van der Waals surface area contributed by atoms with Crippen LogP contribution >= 0.6 is 0 Å². The molecule has 0 radical (unpaired) electrons. The molecule has 15 heavy (non-hydrogen) atoms. The summed E-state index contributed by atoms with van der Waals surface area (Å²) in [6.07, 6.45) is 9.95. The van der Waals surface area contributed by atoms with Gasteiger partial charge in [0.25, 0.3) is 0 Å². The number of unbranched alkanes of at least 4 members (excludes halogenated alkanes) is 1. The monoisotopic (exact) mass is 212 g/mol. The summed E-state index contributed by atoms with van der Waals surface area (Å²) in [7, 11) is 0. The summed E-state index contributed by atoms with van der Waals surface area (Å²) < 4.78 is 0. The normalized spacial score (nSPS) is 19.8. The fraction of sp³-hybridized carbons (Fsp3) is 0.917. The molecule has 88 valence electrons. The topological polar surface area (TPSA) is 55.1 Å². The minimum absolute atomic E-state index is 0.322. The fourth-order valence-electron chi connectivity index (χ4n) is 2.57. The van der Waals surface area contributed by atoms with Gasteiger partial charge in [0.2, 0.25) is 0 Å². The molecule has 1 fully saturated rings. The molecule has 0 aromatic carbocycles. The molecule has 3 N–H and O–H groups in total. The number of urea groups is 1. The van der Waals surface area contributed by atoms with E-state index >= 15 is 0 Å². The van der Waals surface area contributed by atoms with Crippen molar-refractivity contribution in [1.82, 2.24) is 5.32 Å².